The number of rotatable bonds is 4. The third-order valence-corrected chi connectivity index (χ3v) is 2.97. The fourth-order valence-electron chi connectivity index (χ4n) is 2.04. The van der Waals surface area contributed by atoms with Crippen molar-refractivity contribution < 1.29 is 23.9 Å². The number of amides is 2. The lowest BCUT2D eigenvalue weighted by Gasteiger charge is -2.18. The number of hydrogen-bond acceptors (Lipinski definition) is 5. The van der Waals surface area contributed by atoms with E-state index in [-0.39, 0.29) is 18.2 Å². The number of carbonyl (C=O) groups excluding carboxylic acids is 3. The summed E-state index contributed by atoms with van der Waals surface area (Å²) in [5.74, 6) is -1.36. The van der Waals surface area contributed by atoms with Crippen LogP contribution in [0.3, 0.4) is 0 Å². The van der Waals surface area contributed by atoms with E-state index in [9.17, 15) is 14.4 Å². The Hall–Kier alpha value is -1.85. The van der Waals surface area contributed by atoms with Crippen molar-refractivity contribution >= 4 is 18.0 Å². The second-order valence-corrected chi connectivity index (χ2v) is 4.02. The fourth-order valence-corrected chi connectivity index (χ4v) is 2.04. The molecule has 0 spiro atoms. The minimum absolute atomic E-state index is 0.272. The maximum atomic E-state index is 12.0. The van der Waals surface area contributed by atoms with E-state index in [1.54, 1.807) is 6.08 Å². The van der Waals surface area contributed by atoms with Crippen molar-refractivity contribution in [1.82, 2.24) is 4.90 Å². The Balaban J connectivity index is 2.88. The highest BCUT2D eigenvalue weighted by Crippen LogP contribution is 2.29. The van der Waals surface area contributed by atoms with E-state index >= 15 is 0 Å². The third kappa shape index (κ3) is 2.69. The summed E-state index contributed by atoms with van der Waals surface area (Å²) in [6, 6.07) is -0.884. The van der Waals surface area contributed by atoms with Crippen LogP contribution >= 0.6 is 0 Å². The number of nitrogens with zero attached hydrogens (tertiary/aromatic N) is 1. The zero-order chi connectivity index (χ0) is 13.7. The number of likely N-dealkylation sites (tertiary alicyclic amines) is 1. The van der Waals surface area contributed by atoms with Crippen molar-refractivity contribution in [2.75, 3.05) is 14.2 Å². The van der Waals surface area contributed by atoms with Gasteiger partial charge in [0, 0.05) is 5.92 Å². The minimum Gasteiger partial charge on any atom is -0.467 e. The van der Waals surface area contributed by atoms with Crippen LogP contribution in [0, 0.1) is 5.92 Å². The normalized spacial score (nSPS) is 22.8. The molecule has 0 radical (unpaired) electrons. The summed E-state index contributed by atoms with van der Waals surface area (Å²) in [6.45, 7) is 3.58. The maximum absolute atomic E-state index is 12.0. The largest absolute Gasteiger partial charge is 0.467 e. The van der Waals surface area contributed by atoms with Gasteiger partial charge in [-0.15, -0.1) is 6.58 Å². The molecule has 0 bridgehead atoms. The molecule has 1 rings (SSSR count). The van der Waals surface area contributed by atoms with Crippen LogP contribution in [0.5, 0.6) is 0 Å². The van der Waals surface area contributed by atoms with Crippen molar-refractivity contribution in [3.8, 4) is 0 Å². The summed E-state index contributed by atoms with van der Waals surface area (Å²) in [4.78, 5) is 36.0. The van der Waals surface area contributed by atoms with E-state index in [1.807, 2.05) is 0 Å². The first-order valence-corrected chi connectivity index (χ1v) is 5.66. The number of ether oxygens (including phenoxy) is 2. The van der Waals surface area contributed by atoms with E-state index in [2.05, 4.69) is 16.1 Å². The Labute approximate surface area is 106 Å². The SMILES string of the molecule is C=CCC[C@H]1C[C@@H](C(=O)OC)N(C(=O)OC)C1=O. The number of allylic oxidation sites excluding steroid dienone is 1. The predicted molar refractivity (Wildman–Crippen MR) is 62.6 cm³/mol. The van der Waals surface area contributed by atoms with E-state index in [0.717, 1.165) is 4.90 Å². The van der Waals surface area contributed by atoms with Crippen LogP contribution in [0.4, 0.5) is 4.79 Å². The van der Waals surface area contributed by atoms with Crippen LogP contribution in [-0.2, 0) is 19.1 Å². The topological polar surface area (TPSA) is 72.9 Å². The molecule has 100 valence electrons. The molecule has 6 nitrogen and oxygen atoms in total. The first-order chi connectivity index (χ1) is 8.56. The van der Waals surface area contributed by atoms with E-state index < -0.39 is 18.1 Å². The van der Waals surface area contributed by atoms with Gasteiger partial charge in [-0.3, -0.25) is 4.79 Å². The number of esters is 1. The lowest BCUT2D eigenvalue weighted by Crippen LogP contribution is -2.43. The van der Waals surface area contributed by atoms with Crippen LogP contribution in [0.25, 0.3) is 0 Å². The highest BCUT2D eigenvalue weighted by atomic mass is 16.5. The van der Waals surface area contributed by atoms with Crippen molar-refractivity contribution in [2.45, 2.75) is 25.3 Å². The van der Waals surface area contributed by atoms with E-state index in [0.29, 0.717) is 12.8 Å². The number of methoxy groups -OCH3 is 2. The lowest BCUT2D eigenvalue weighted by atomic mass is 9.99. The highest BCUT2D eigenvalue weighted by molar-refractivity contribution is 6.00. The minimum atomic E-state index is -0.884. The smallest absolute Gasteiger partial charge is 0.417 e. The summed E-state index contributed by atoms with van der Waals surface area (Å²) < 4.78 is 9.12. The summed E-state index contributed by atoms with van der Waals surface area (Å²) in [6.07, 6.45) is 2.36. The molecule has 1 heterocycles. The molecule has 1 aliphatic rings. The molecule has 0 aromatic heterocycles. The summed E-state index contributed by atoms with van der Waals surface area (Å²) in [5, 5.41) is 0. The van der Waals surface area contributed by atoms with Gasteiger partial charge in [0.1, 0.15) is 6.04 Å². The maximum Gasteiger partial charge on any atom is 0.417 e. The van der Waals surface area contributed by atoms with Crippen molar-refractivity contribution in [3.05, 3.63) is 12.7 Å². The molecule has 1 saturated heterocycles. The number of carbonyl (C=O) groups is 3. The zero-order valence-electron chi connectivity index (χ0n) is 10.5. The monoisotopic (exact) mass is 255 g/mol. The molecule has 0 aromatic carbocycles. The Kier molecular flexibility index (Phi) is 4.88. The van der Waals surface area contributed by atoms with Gasteiger partial charge in [-0.05, 0) is 19.3 Å². The Morgan fingerprint density at radius 2 is 2.11 bits per heavy atom. The quantitative estimate of drug-likeness (QED) is 0.555. The molecule has 0 unspecified atom stereocenters. The van der Waals surface area contributed by atoms with Gasteiger partial charge in [0.15, 0.2) is 0 Å². The highest BCUT2D eigenvalue weighted by Gasteiger charge is 2.47. The molecule has 2 amide bonds. The molecule has 1 aliphatic heterocycles. The fraction of sp³-hybridized carbons (Fsp3) is 0.583. The first-order valence-electron chi connectivity index (χ1n) is 5.66. The summed E-state index contributed by atoms with van der Waals surface area (Å²) >= 11 is 0. The molecule has 1 fully saturated rings. The third-order valence-electron chi connectivity index (χ3n) is 2.97. The van der Waals surface area contributed by atoms with Crippen LogP contribution < -0.4 is 0 Å². The molecule has 0 aromatic rings. The standard InChI is InChI=1S/C12H17NO5/c1-4-5-6-8-7-9(11(15)17-2)13(10(8)14)12(16)18-3/h4,8-9H,1,5-7H2,2-3H3/t8-,9-/m0/s1. The average Bonchev–Trinajstić information content (AvgIpc) is 2.71. The molecule has 18 heavy (non-hydrogen) atoms. The Morgan fingerprint density at radius 3 is 2.61 bits per heavy atom. The van der Waals surface area contributed by atoms with Gasteiger partial charge in [-0.1, -0.05) is 6.08 Å². The Morgan fingerprint density at radius 1 is 1.44 bits per heavy atom. The molecule has 0 N–H and O–H groups in total. The molecular weight excluding hydrogens is 238 g/mol. The van der Waals surface area contributed by atoms with E-state index in [1.165, 1.54) is 14.2 Å². The van der Waals surface area contributed by atoms with Crippen molar-refractivity contribution in [2.24, 2.45) is 5.92 Å². The number of hydrogen-bond donors (Lipinski definition) is 0. The second-order valence-electron chi connectivity index (χ2n) is 4.02. The van der Waals surface area contributed by atoms with Gasteiger partial charge in [-0.25, -0.2) is 14.5 Å². The van der Waals surface area contributed by atoms with Gasteiger partial charge in [0.25, 0.3) is 0 Å². The second kappa shape index (κ2) is 6.18. The predicted octanol–water partition coefficient (Wildman–Crippen LogP) is 1.11. The lowest BCUT2D eigenvalue weighted by molar-refractivity contribution is -0.148. The van der Waals surface area contributed by atoms with Gasteiger partial charge in [-0.2, -0.15) is 0 Å². The molecule has 2 atom stereocenters. The molecule has 0 saturated carbocycles. The summed E-state index contributed by atoms with van der Waals surface area (Å²) in [5.41, 5.74) is 0. The van der Waals surface area contributed by atoms with Crippen LogP contribution in [0.15, 0.2) is 12.7 Å². The average molecular weight is 255 g/mol. The van der Waals surface area contributed by atoms with Gasteiger partial charge >= 0.3 is 12.1 Å². The molecular formula is C12H17NO5. The van der Waals surface area contributed by atoms with Crippen molar-refractivity contribution in [3.63, 3.8) is 0 Å². The Bertz CT molecular complexity index is 365. The van der Waals surface area contributed by atoms with Crippen LogP contribution in [-0.4, -0.2) is 43.1 Å². The van der Waals surface area contributed by atoms with Gasteiger partial charge < -0.3 is 9.47 Å². The van der Waals surface area contributed by atoms with Gasteiger partial charge in [0.05, 0.1) is 14.2 Å². The molecule has 0 aliphatic carbocycles. The number of imide groups is 1. The zero-order valence-corrected chi connectivity index (χ0v) is 10.5. The molecule has 6 heteroatoms. The van der Waals surface area contributed by atoms with Crippen LogP contribution in [0.2, 0.25) is 0 Å². The van der Waals surface area contributed by atoms with Crippen molar-refractivity contribution in [1.29, 1.82) is 0 Å². The first kappa shape index (κ1) is 14.2. The van der Waals surface area contributed by atoms with Gasteiger partial charge in [0.2, 0.25) is 5.91 Å². The summed E-state index contributed by atoms with van der Waals surface area (Å²) in [7, 11) is 2.39. The van der Waals surface area contributed by atoms with E-state index in [4.69, 9.17) is 0 Å². The van der Waals surface area contributed by atoms with Crippen LogP contribution in [0.1, 0.15) is 19.3 Å².